The van der Waals surface area contributed by atoms with Gasteiger partial charge in [0.1, 0.15) is 0 Å². The first kappa shape index (κ1) is 19.3. The molecule has 0 atom stereocenters. The molecule has 138 valence electrons. The molecule has 0 unspecified atom stereocenters. The molecule has 1 saturated carbocycles. The van der Waals surface area contributed by atoms with Gasteiger partial charge in [-0.1, -0.05) is 49.6 Å². The molecule has 1 fully saturated rings. The number of nitrogens with one attached hydrogen (secondary N) is 3. The first-order valence-corrected chi connectivity index (χ1v) is 9.59. The van der Waals surface area contributed by atoms with E-state index in [2.05, 4.69) is 40.2 Å². The minimum Gasteiger partial charge on any atom is -0.356 e. The topological polar surface area (TPSA) is 70.2 Å². The third-order valence-corrected chi connectivity index (χ3v) is 4.64. The van der Waals surface area contributed by atoms with Crippen LogP contribution in [0.3, 0.4) is 0 Å². The summed E-state index contributed by atoms with van der Waals surface area (Å²) >= 11 is 0. The maximum absolute atomic E-state index is 11.8. The summed E-state index contributed by atoms with van der Waals surface area (Å²) in [5.74, 6) is -0.00215. The zero-order valence-corrected chi connectivity index (χ0v) is 15.1. The number of rotatable bonds is 9. The molecule has 5 heteroatoms. The van der Waals surface area contributed by atoms with E-state index in [1.54, 1.807) is 0 Å². The zero-order valence-electron chi connectivity index (χ0n) is 15.1. The fourth-order valence-corrected chi connectivity index (χ4v) is 3.19. The molecule has 1 aromatic carbocycles. The van der Waals surface area contributed by atoms with E-state index < -0.39 is 0 Å². The average molecular weight is 345 g/mol. The van der Waals surface area contributed by atoms with Gasteiger partial charge >= 0.3 is 6.03 Å². The van der Waals surface area contributed by atoms with Gasteiger partial charge in [0.15, 0.2) is 0 Å². The van der Waals surface area contributed by atoms with E-state index in [-0.39, 0.29) is 11.9 Å². The molecule has 1 aromatic rings. The summed E-state index contributed by atoms with van der Waals surface area (Å²) < 4.78 is 0. The molecule has 0 bridgehead atoms. The molecule has 25 heavy (non-hydrogen) atoms. The number of carbonyl (C=O) groups excluding carboxylic acids is 2. The second-order valence-corrected chi connectivity index (χ2v) is 6.78. The van der Waals surface area contributed by atoms with Gasteiger partial charge in [-0.3, -0.25) is 4.79 Å². The van der Waals surface area contributed by atoms with Gasteiger partial charge in [-0.2, -0.15) is 0 Å². The molecular formula is C20H31N3O2. The molecule has 1 aliphatic rings. The van der Waals surface area contributed by atoms with Gasteiger partial charge in [0.25, 0.3) is 0 Å². The highest BCUT2D eigenvalue weighted by atomic mass is 16.2. The lowest BCUT2D eigenvalue weighted by molar-refractivity contribution is -0.120. The normalized spacial score (nSPS) is 14.7. The van der Waals surface area contributed by atoms with Gasteiger partial charge in [-0.25, -0.2) is 4.79 Å². The number of hydrogen-bond donors (Lipinski definition) is 3. The number of benzene rings is 1. The molecule has 3 amide bonds. The predicted octanol–water partition coefficient (Wildman–Crippen LogP) is 3.15. The minimum absolute atomic E-state index is 0.00215. The lowest BCUT2D eigenvalue weighted by Crippen LogP contribution is -2.43. The highest BCUT2D eigenvalue weighted by Crippen LogP contribution is 2.17. The van der Waals surface area contributed by atoms with Gasteiger partial charge in [0, 0.05) is 25.6 Å². The van der Waals surface area contributed by atoms with Crippen molar-refractivity contribution in [2.24, 2.45) is 0 Å². The summed E-state index contributed by atoms with van der Waals surface area (Å²) in [7, 11) is 0. The van der Waals surface area contributed by atoms with Crippen LogP contribution in [0.4, 0.5) is 4.79 Å². The lowest BCUT2D eigenvalue weighted by Gasteiger charge is -2.22. The van der Waals surface area contributed by atoms with Crippen LogP contribution in [0, 0.1) is 0 Å². The number of urea groups is 1. The van der Waals surface area contributed by atoms with Crippen molar-refractivity contribution in [1.82, 2.24) is 16.0 Å². The van der Waals surface area contributed by atoms with Crippen LogP contribution >= 0.6 is 0 Å². The first-order valence-electron chi connectivity index (χ1n) is 9.59. The predicted molar refractivity (Wildman–Crippen MR) is 100 cm³/mol. The highest BCUT2D eigenvalue weighted by molar-refractivity contribution is 5.78. The van der Waals surface area contributed by atoms with Crippen molar-refractivity contribution < 1.29 is 9.59 Å². The maximum Gasteiger partial charge on any atom is 0.315 e. The van der Waals surface area contributed by atoms with Gasteiger partial charge in [0.05, 0.1) is 0 Å². The number of amides is 3. The number of unbranched alkanes of at least 4 members (excludes halogenated alkanes) is 1. The van der Waals surface area contributed by atoms with E-state index in [0.29, 0.717) is 25.6 Å². The summed E-state index contributed by atoms with van der Waals surface area (Å²) in [5, 5.41) is 8.67. The Morgan fingerprint density at radius 3 is 2.44 bits per heavy atom. The van der Waals surface area contributed by atoms with Crippen molar-refractivity contribution in [3.63, 3.8) is 0 Å². The quantitative estimate of drug-likeness (QED) is 0.602. The molecule has 1 aliphatic carbocycles. The Hall–Kier alpha value is -2.04. The van der Waals surface area contributed by atoms with E-state index >= 15 is 0 Å². The number of hydrogen-bond acceptors (Lipinski definition) is 2. The van der Waals surface area contributed by atoms with Gasteiger partial charge in [-0.15, -0.1) is 0 Å². The zero-order chi connectivity index (χ0) is 17.7. The van der Waals surface area contributed by atoms with E-state index in [9.17, 15) is 9.59 Å². The summed E-state index contributed by atoms with van der Waals surface area (Å²) in [6.07, 6.45) is 9.19. The van der Waals surface area contributed by atoms with E-state index in [0.717, 1.165) is 32.1 Å². The monoisotopic (exact) mass is 345 g/mol. The molecule has 2 rings (SSSR count). The van der Waals surface area contributed by atoms with Crippen LogP contribution in [0.2, 0.25) is 0 Å². The second kappa shape index (κ2) is 11.5. The van der Waals surface area contributed by atoms with E-state index in [4.69, 9.17) is 0 Å². The van der Waals surface area contributed by atoms with Gasteiger partial charge < -0.3 is 16.0 Å². The first-order chi connectivity index (χ1) is 12.2. The van der Waals surface area contributed by atoms with Gasteiger partial charge in [0.2, 0.25) is 5.91 Å². The average Bonchev–Trinajstić information content (AvgIpc) is 2.63. The molecule has 3 N–H and O–H groups in total. The number of carbonyl (C=O) groups is 2. The Morgan fingerprint density at radius 2 is 1.68 bits per heavy atom. The largest absolute Gasteiger partial charge is 0.356 e. The molecule has 5 nitrogen and oxygen atoms in total. The molecule has 0 aliphatic heterocycles. The second-order valence-electron chi connectivity index (χ2n) is 6.78. The summed E-state index contributed by atoms with van der Waals surface area (Å²) in [5.41, 5.74) is 1.34. The Balaban J connectivity index is 1.44. The van der Waals surface area contributed by atoms with Crippen molar-refractivity contribution in [2.75, 3.05) is 13.1 Å². The molecule has 0 saturated heterocycles. The molecule has 0 spiro atoms. The van der Waals surface area contributed by atoms with Crippen molar-refractivity contribution in [3.05, 3.63) is 35.9 Å². The van der Waals surface area contributed by atoms with Crippen LogP contribution in [-0.4, -0.2) is 31.1 Å². The molecular weight excluding hydrogens is 314 g/mol. The van der Waals surface area contributed by atoms with Gasteiger partial charge in [-0.05, 0) is 37.7 Å². The van der Waals surface area contributed by atoms with Crippen LogP contribution in [0.15, 0.2) is 30.3 Å². The van der Waals surface area contributed by atoms with Crippen LogP contribution in [0.1, 0.15) is 56.9 Å². The van der Waals surface area contributed by atoms with Crippen LogP contribution in [0.5, 0.6) is 0 Å². The number of aryl methyl sites for hydroxylation is 1. The smallest absolute Gasteiger partial charge is 0.315 e. The Bertz CT molecular complexity index is 513. The standard InChI is InChI=1S/C20H31N3O2/c24-19(21-15-8-7-11-17-9-3-1-4-10-17)14-16-22-20(25)23-18-12-5-2-6-13-18/h1,3-4,9-10,18H,2,5-8,11-16H2,(H,21,24)(H2,22,23,25). The fraction of sp³-hybridized carbons (Fsp3) is 0.600. The summed E-state index contributed by atoms with van der Waals surface area (Å²) in [4.78, 5) is 23.5. The van der Waals surface area contributed by atoms with Crippen LogP contribution in [-0.2, 0) is 11.2 Å². The molecule has 0 radical (unpaired) electrons. The molecule has 0 aromatic heterocycles. The summed E-state index contributed by atoms with van der Waals surface area (Å²) in [6, 6.07) is 10.5. The SMILES string of the molecule is O=C(CCNC(=O)NC1CCCCC1)NCCCCc1ccccc1. The highest BCUT2D eigenvalue weighted by Gasteiger charge is 2.15. The van der Waals surface area contributed by atoms with Crippen molar-refractivity contribution in [1.29, 1.82) is 0 Å². The van der Waals surface area contributed by atoms with Crippen molar-refractivity contribution >= 4 is 11.9 Å². The lowest BCUT2D eigenvalue weighted by atomic mass is 9.96. The Kier molecular flexibility index (Phi) is 8.87. The maximum atomic E-state index is 11.8. The Labute approximate surface area is 151 Å². The van der Waals surface area contributed by atoms with Crippen LogP contribution in [0.25, 0.3) is 0 Å². The van der Waals surface area contributed by atoms with Crippen molar-refractivity contribution in [2.45, 2.75) is 63.8 Å². The third kappa shape index (κ3) is 8.57. The third-order valence-electron chi connectivity index (χ3n) is 4.64. The van der Waals surface area contributed by atoms with E-state index in [1.165, 1.54) is 24.8 Å². The molecule has 0 heterocycles. The van der Waals surface area contributed by atoms with E-state index in [1.807, 2.05) is 6.07 Å². The fourth-order valence-electron chi connectivity index (χ4n) is 3.19. The summed E-state index contributed by atoms with van der Waals surface area (Å²) in [6.45, 7) is 1.08. The Morgan fingerprint density at radius 1 is 0.920 bits per heavy atom. The van der Waals surface area contributed by atoms with Crippen LogP contribution < -0.4 is 16.0 Å². The van der Waals surface area contributed by atoms with Crippen molar-refractivity contribution in [3.8, 4) is 0 Å². The minimum atomic E-state index is -0.150.